The Bertz CT molecular complexity index is 847. The van der Waals surface area contributed by atoms with E-state index < -0.39 is 0 Å². The molecule has 0 atom stereocenters. The van der Waals surface area contributed by atoms with Gasteiger partial charge in [-0.2, -0.15) is 8.75 Å². The van der Waals surface area contributed by atoms with Crippen LogP contribution in [0.4, 0.5) is 5.69 Å². The van der Waals surface area contributed by atoms with Crippen molar-refractivity contribution in [2.24, 2.45) is 0 Å². The van der Waals surface area contributed by atoms with Crippen LogP contribution in [-0.2, 0) is 0 Å². The number of benzene rings is 2. The summed E-state index contributed by atoms with van der Waals surface area (Å²) in [5.74, 6) is 1.27. The van der Waals surface area contributed by atoms with Gasteiger partial charge in [0.1, 0.15) is 11.0 Å². The van der Waals surface area contributed by atoms with Crippen molar-refractivity contribution in [3.63, 3.8) is 0 Å². The van der Waals surface area contributed by atoms with E-state index in [0.717, 1.165) is 32.3 Å². The molecule has 7 heteroatoms. The Morgan fingerprint density at radius 3 is 2.13 bits per heavy atom. The topological polar surface area (TPSA) is 47.5 Å². The Hall–Kier alpha value is -1.86. The number of methoxy groups -OCH3 is 2. The van der Waals surface area contributed by atoms with Crippen LogP contribution in [0.15, 0.2) is 28.7 Å². The van der Waals surface area contributed by atoms with E-state index in [1.54, 1.807) is 14.2 Å². The van der Waals surface area contributed by atoms with Crippen LogP contribution in [0, 0.1) is 0 Å². The Labute approximate surface area is 147 Å². The molecule has 3 aromatic rings. The Morgan fingerprint density at radius 2 is 1.57 bits per heavy atom. The van der Waals surface area contributed by atoms with Crippen LogP contribution in [0.3, 0.4) is 0 Å². The van der Waals surface area contributed by atoms with E-state index in [9.17, 15) is 0 Å². The molecule has 0 aliphatic carbocycles. The number of anilines is 1. The predicted octanol–water partition coefficient (Wildman–Crippen LogP) is 4.20. The van der Waals surface area contributed by atoms with Crippen molar-refractivity contribution in [2.45, 2.75) is 0 Å². The van der Waals surface area contributed by atoms with Crippen molar-refractivity contribution in [2.75, 3.05) is 33.2 Å². The molecule has 0 spiro atoms. The molecule has 120 valence electrons. The zero-order valence-corrected chi connectivity index (χ0v) is 15.7. The summed E-state index contributed by atoms with van der Waals surface area (Å²) in [5.41, 5.74) is 4.61. The normalized spacial score (nSPS) is 10.8. The summed E-state index contributed by atoms with van der Waals surface area (Å²) in [6, 6.07) is 8.24. The third kappa shape index (κ3) is 2.64. The highest BCUT2D eigenvalue weighted by atomic mass is 79.9. The summed E-state index contributed by atoms with van der Waals surface area (Å²) in [7, 11) is 7.28. The lowest BCUT2D eigenvalue weighted by Gasteiger charge is -2.16. The lowest BCUT2D eigenvalue weighted by molar-refractivity contribution is 0.355. The van der Waals surface area contributed by atoms with Crippen LogP contribution in [-0.4, -0.2) is 37.1 Å². The van der Waals surface area contributed by atoms with Crippen molar-refractivity contribution < 1.29 is 9.47 Å². The largest absolute Gasteiger partial charge is 0.492 e. The highest BCUT2D eigenvalue weighted by Crippen LogP contribution is 2.48. The van der Waals surface area contributed by atoms with E-state index in [4.69, 9.17) is 9.47 Å². The fourth-order valence-electron chi connectivity index (χ4n) is 2.50. The minimum Gasteiger partial charge on any atom is -0.492 e. The SMILES string of the molecule is COc1c(OC)c(-c2ccc(N(C)C)cc2)c2nsnc2c1Br. The second kappa shape index (κ2) is 6.33. The third-order valence-electron chi connectivity index (χ3n) is 3.65. The van der Waals surface area contributed by atoms with Gasteiger partial charge in [-0.05, 0) is 33.6 Å². The van der Waals surface area contributed by atoms with Crippen molar-refractivity contribution in [3.05, 3.63) is 28.7 Å². The predicted molar refractivity (Wildman–Crippen MR) is 98.0 cm³/mol. The second-order valence-electron chi connectivity index (χ2n) is 5.16. The molecule has 5 nitrogen and oxygen atoms in total. The van der Waals surface area contributed by atoms with E-state index in [1.165, 1.54) is 11.7 Å². The molecule has 0 N–H and O–H groups in total. The summed E-state index contributed by atoms with van der Waals surface area (Å²) in [6.45, 7) is 0. The average Bonchev–Trinajstić information content (AvgIpc) is 3.04. The smallest absolute Gasteiger partial charge is 0.177 e. The number of aromatic nitrogens is 2. The van der Waals surface area contributed by atoms with Gasteiger partial charge in [0.15, 0.2) is 11.5 Å². The summed E-state index contributed by atoms with van der Waals surface area (Å²) in [6.07, 6.45) is 0. The molecule has 0 saturated heterocycles. The molecule has 0 saturated carbocycles. The highest BCUT2D eigenvalue weighted by Gasteiger charge is 2.23. The zero-order chi connectivity index (χ0) is 16.6. The van der Waals surface area contributed by atoms with Gasteiger partial charge in [0, 0.05) is 19.8 Å². The van der Waals surface area contributed by atoms with Gasteiger partial charge in [-0.15, -0.1) is 0 Å². The van der Waals surface area contributed by atoms with Gasteiger partial charge in [0.25, 0.3) is 0 Å². The maximum atomic E-state index is 5.63. The molecule has 0 amide bonds. The van der Waals surface area contributed by atoms with Crippen LogP contribution < -0.4 is 14.4 Å². The first kappa shape index (κ1) is 16.0. The van der Waals surface area contributed by atoms with Gasteiger partial charge < -0.3 is 14.4 Å². The molecule has 2 aromatic carbocycles. The third-order valence-corrected chi connectivity index (χ3v) is 4.91. The van der Waals surface area contributed by atoms with Crippen molar-refractivity contribution in [1.29, 1.82) is 0 Å². The van der Waals surface area contributed by atoms with E-state index in [1.807, 2.05) is 14.1 Å². The number of fused-ring (bicyclic) bond motifs is 1. The fraction of sp³-hybridized carbons (Fsp3) is 0.250. The molecule has 0 unspecified atom stereocenters. The van der Waals surface area contributed by atoms with E-state index >= 15 is 0 Å². The summed E-state index contributed by atoms with van der Waals surface area (Å²) in [4.78, 5) is 2.06. The first-order chi connectivity index (χ1) is 11.1. The maximum Gasteiger partial charge on any atom is 0.177 e. The molecule has 0 fully saturated rings. The Balaban J connectivity index is 2.31. The summed E-state index contributed by atoms with van der Waals surface area (Å²) >= 11 is 4.72. The van der Waals surface area contributed by atoms with Crippen molar-refractivity contribution >= 4 is 44.4 Å². The molecule has 1 aromatic heterocycles. The molecule has 0 radical (unpaired) electrons. The van der Waals surface area contributed by atoms with Crippen LogP contribution in [0.1, 0.15) is 0 Å². The number of halogens is 1. The molecular weight excluding hydrogens is 378 g/mol. The first-order valence-electron chi connectivity index (χ1n) is 6.92. The minimum absolute atomic E-state index is 0.624. The zero-order valence-electron chi connectivity index (χ0n) is 13.3. The van der Waals surface area contributed by atoms with E-state index in [-0.39, 0.29) is 0 Å². The van der Waals surface area contributed by atoms with Gasteiger partial charge in [-0.3, -0.25) is 0 Å². The first-order valence-corrected chi connectivity index (χ1v) is 8.44. The van der Waals surface area contributed by atoms with Crippen LogP contribution in [0.25, 0.3) is 22.2 Å². The average molecular weight is 394 g/mol. The monoisotopic (exact) mass is 393 g/mol. The van der Waals surface area contributed by atoms with E-state index in [0.29, 0.717) is 11.5 Å². The molecular formula is C16H16BrN3O2S. The van der Waals surface area contributed by atoms with Gasteiger partial charge in [0.05, 0.1) is 36.0 Å². The van der Waals surface area contributed by atoms with Gasteiger partial charge in [0.2, 0.25) is 0 Å². The van der Waals surface area contributed by atoms with Crippen molar-refractivity contribution in [3.8, 4) is 22.6 Å². The quantitative estimate of drug-likeness (QED) is 0.664. The highest BCUT2D eigenvalue weighted by molar-refractivity contribution is 9.10. The lowest BCUT2D eigenvalue weighted by atomic mass is 10.0. The molecule has 3 rings (SSSR count). The van der Waals surface area contributed by atoms with Crippen molar-refractivity contribution in [1.82, 2.24) is 8.75 Å². The molecule has 0 bridgehead atoms. The summed E-state index contributed by atoms with van der Waals surface area (Å²) in [5, 5.41) is 0. The lowest BCUT2D eigenvalue weighted by Crippen LogP contribution is -2.08. The molecule has 0 aliphatic rings. The number of ether oxygens (including phenoxy) is 2. The molecule has 1 heterocycles. The number of hydrogen-bond acceptors (Lipinski definition) is 6. The van der Waals surface area contributed by atoms with Crippen LogP contribution in [0.5, 0.6) is 11.5 Å². The molecule has 0 aliphatic heterocycles. The fourth-order valence-corrected chi connectivity index (χ4v) is 3.79. The number of hydrogen-bond donors (Lipinski definition) is 0. The minimum atomic E-state index is 0.624. The van der Waals surface area contributed by atoms with Gasteiger partial charge in [-0.25, -0.2) is 0 Å². The molecule has 23 heavy (non-hydrogen) atoms. The van der Waals surface area contributed by atoms with Crippen LogP contribution >= 0.6 is 27.7 Å². The number of nitrogens with zero attached hydrogens (tertiary/aromatic N) is 3. The second-order valence-corrected chi connectivity index (χ2v) is 6.48. The number of rotatable bonds is 4. The van der Waals surface area contributed by atoms with Crippen LogP contribution in [0.2, 0.25) is 0 Å². The van der Waals surface area contributed by atoms with Gasteiger partial charge in [-0.1, -0.05) is 12.1 Å². The maximum absolute atomic E-state index is 5.63. The Morgan fingerprint density at radius 1 is 0.957 bits per heavy atom. The van der Waals surface area contributed by atoms with E-state index in [2.05, 4.69) is 53.8 Å². The standard InChI is InChI=1S/C16H16BrN3O2S/c1-20(2)10-7-5-9(6-8-10)11-13-14(19-23-18-13)12(17)16(22-4)15(11)21-3/h5-8H,1-4H3. The summed E-state index contributed by atoms with van der Waals surface area (Å²) < 4.78 is 20.7. The Kier molecular flexibility index (Phi) is 4.41. The van der Waals surface area contributed by atoms with Gasteiger partial charge >= 0.3 is 0 Å².